The van der Waals surface area contributed by atoms with E-state index < -0.39 is 18.2 Å². The van der Waals surface area contributed by atoms with Gasteiger partial charge in [0.1, 0.15) is 0 Å². The summed E-state index contributed by atoms with van der Waals surface area (Å²) in [6, 6.07) is 0. The third kappa shape index (κ3) is 4.19. The molecule has 0 aliphatic carbocycles. The fraction of sp³-hybridized carbons (Fsp3) is 0.667. The Balaban J connectivity index is 3.66. The van der Waals surface area contributed by atoms with Crippen LogP contribution in [0.15, 0.2) is 0 Å². The molecule has 0 spiro atoms. The van der Waals surface area contributed by atoms with Crippen LogP contribution in [-0.4, -0.2) is 29.9 Å². The molecule has 1 atom stereocenters. The highest BCUT2D eigenvalue weighted by molar-refractivity contribution is 5.74. The molecule has 0 fully saturated rings. The van der Waals surface area contributed by atoms with Crippen molar-refractivity contribution in [1.82, 2.24) is 0 Å². The van der Waals surface area contributed by atoms with Gasteiger partial charge >= 0.3 is 12.1 Å². The molecule has 0 aliphatic heterocycles. The van der Waals surface area contributed by atoms with Gasteiger partial charge in [0.15, 0.2) is 6.10 Å². The maximum atomic E-state index is 10.5. The van der Waals surface area contributed by atoms with E-state index in [1.165, 1.54) is 6.92 Å². The number of rotatable bonds is 3. The van der Waals surface area contributed by atoms with E-state index in [2.05, 4.69) is 9.47 Å². The molecule has 0 saturated heterocycles. The maximum Gasteiger partial charge on any atom is 0.509 e. The van der Waals surface area contributed by atoms with E-state index in [-0.39, 0.29) is 6.61 Å². The summed E-state index contributed by atoms with van der Waals surface area (Å²) in [6.07, 6.45) is -2.11. The monoisotopic (exact) mass is 162 g/mol. The summed E-state index contributed by atoms with van der Waals surface area (Å²) < 4.78 is 8.63. The van der Waals surface area contributed by atoms with Gasteiger partial charge in [-0.25, -0.2) is 9.59 Å². The molecule has 0 aromatic carbocycles. The third-order valence-corrected chi connectivity index (χ3v) is 0.883. The number of hydrogen-bond acceptors (Lipinski definition) is 4. The second kappa shape index (κ2) is 4.54. The van der Waals surface area contributed by atoms with Crippen LogP contribution in [0.3, 0.4) is 0 Å². The lowest BCUT2D eigenvalue weighted by Gasteiger charge is -2.06. The smallest absolute Gasteiger partial charge is 0.479 e. The van der Waals surface area contributed by atoms with Crippen molar-refractivity contribution < 1.29 is 24.2 Å². The molecule has 11 heavy (non-hydrogen) atoms. The highest BCUT2D eigenvalue weighted by atomic mass is 16.7. The second-order valence-electron chi connectivity index (χ2n) is 1.78. The van der Waals surface area contributed by atoms with Crippen molar-refractivity contribution in [3.05, 3.63) is 0 Å². The summed E-state index contributed by atoms with van der Waals surface area (Å²) in [5.41, 5.74) is 0. The minimum absolute atomic E-state index is 0.172. The van der Waals surface area contributed by atoms with Gasteiger partial charge in [-0.3, -0.25) is 0 Å². The van der Waals surface area contributed by atoms with Crippen molar-refractivity contribution in [3.8, 4) is 0 Å². The molecule has 0 heterocycles. The molecule has 0 aromatic heterocycles. The predicted molar refractivity (Wildman–Crippen MR) is 35.2 cm³/mol. The normalized spacial score (nSPS) is 11.8. The summed E-state index contributed by atoms with van der Waals surface area (Å²) in [5.74, 6) is -1.20. The van der Waals surface area contributed by atoms with Gasteiger partial charge in [0.25, 0.3) is 0 Å². The first-order valence-electron chi connectivity index (χ1n) is 3.14. The van der Waals surface area contributed by atoms with Crippen LogP contribution in [-0.2, 0) is 14.3 Å². The molecule has 64 valence electrons. The Morgan fingerprint density at radius 3 is 2.45 bits per heavy atom. The van der Waals surface area contributed by atoms with Crippen molar-refractivity contribution >= 4 is 12.1 Å². The Morgan fingerprint density at radius 1 is 1.55 bits per heavy atom. The Bertz CT molecular complexity index is 153. The zero-order chi connectivity index (χ0) is 8.85. The summed E-state index contributed by atoms with van der Waals surface area (Å²) in [7, 11) is 0. The molecule has 0 bridgehead atoms. The topological polar surface area (TPSA) is 72.8 Å². The number of ether oxygens (including phenoxy) is 2. The number of carboxylic acids is 1. The summed E-state index contributed by atoms with van der Waals surface area (Å²) in [6.45, 7) is 3.02. The Morgan fingerprint density at radius 2 is 2.09 bits per heavy atom. The first-order chi connectivity index (χ1) is 5.07. The summed E-state index contributed by atoms with van der Waals surface area (Å²) in [5, 5.41) is 8.27. The van der Waals surface area contributed by atoms with Gasteiger partial charge < -0.3 is 14.6 Å². The van der Waals surface area contributed by atoms with Gasteiger partial charge in [0.05, 0.1) is 6.61 Å². The molecule has 5 heteroatoms. The van der Waals surface area contributed by atoms with Gasteiger partial charge in [-0.15, -0.1) is 0 Å². The minimum atomic E-state index is -1.20. The Kier molecular flexibility index (Phi) is 4.02. The molecule has 0 aliphatic rings. The van der Waals surface area contributed by atoms with Gasteiger partial charge in [0, 0.05) is 0 Å². The average Bonchev–Trinajstić information content (AvgIpc) is 1.87. The Labute approximate surface area is 63.9 Å². The van der Waals surface area contributed by atoms with Gasteiger partial charge in [-0.05, 0) is 13.8 Å². The summed E-state index contributed by atoms with van der Waals surface area (Å²) in [4.78, 5) is 20.6. The van der Waals surface area contributed by atoms with E-state index in [0.29, 0.717) is 0 Å². The largest absolute Gasteiger partial charge is 0.509 e. The lowest BCUT2D eigenvalue weighted by atomic mass is 10.4. The molecule has 0 aromatic rings. The number of hydrogen-bond donors (Lipinski definition) is 1. The van der Waals surface area contributed by atoms with Crippen LogP contribution in [0.5, 0.6) is 0 Å². The average molecular weight is 162 g/mol. The minimum Gasteiger partial charge on any atom is -0.479 e. The van der Waals surface area contributed by atoms with E-state index in [1.807, 2.05) is 0 Å². The molecule has 5 nitrogen and oxygen atoms in total. The van der Waals surface area contributed by atoms with Crippen LogP contribution in [0.25, 0.3) is 0 Å². The molecule has 0 amide bonds. The van der Waals surface area contributed by atoms with Crippen molar-refractivity contribution in [3.63, 3.8) is 0 Å². The first kappa shape index (κ1) is 9.74. The standard InChI is InChI=1S/C6H10O5/c1-3-10-6(9)11-4(2)5(7)8/h4H,3H2,1-2H3,(H,7,8). The van der Waals surface area contributed by atoms with Crippen molar-refractivity contribution in [2.24, 2.45) is 0 Å². The second-order valence-corrected chi connectivity index (χ2v) is 1.78. The highest BCUT2D eigenvalue weighted by Crippen LogP contribution is 1.93. The van der Waals surface area contributed by atoms with Gasteiger partial charge in [-0.1, -0.05) is 0 Å². The SMILES string of the molecule is CCOC(=O)OC(C)C(=O)O. The number of carboxylic acid groups (broad SMARTS) is 1. The number of aliphatic carboxylic acids is 1. The Hall–Kier alpha value is -1.26. The molecule has 0 saturated carbocycles. The molecular weight excluding hydrogens is 152 g/mol. The zero-order valence-electron chi connectivity index (χ0n) is 6.36. The predicted octanol–water partition coefficient (Wildman–Crippen LogP) is 0.633. The molecule has 1 N–H and O–H groups in total. The van der Waals surface area contributed by atoms with E-state index in [0.717, 1.165) is 0 Å². The fourth-order valence-electron chi connectivity index (χ4n) is 0.347. The van der Waals surface area contributed by atoms with Crippen LogP contribution >= 0.6 is 0 Å². The van der Waals surface area contributed by atoms with Crippen LogP contribution < -0.4 is 0 Å². The highest BCUT2D eigenvalue weighted by Gasteiger charge is 2.16. The number of carbonyl (C=O) groups is 2. The van der Waals surface area contributed by atoms with Crippen molar-refractivity contribution in [1.29, 1.82) is 0 Å². The van der Waals surface area contributed by atoms with Crippen molar-refractivity contribution in [2.45, 2.75) is 20.0 Å². The lowest BCUT2D eigenvalue weighted by molar-refractivity contribution is -0.147. The zero-order valence-corrected chi connectivity index (χ0v) is 6.36. The maximum absolute atomic E-state index is 10.5. The quantitative estimate of drug-likeness (QED) is 0.616. The van der Waals surface area contributed by atoms with E-state index in [1.54, 1.807) is 6.92 Å². The van der Waals surface area contributed by atoms with Crippen molar-refractivity contribution in [2.75, 3.05) is 6.61 Å². The fourth-order valence-corrected chi connectivity index (χ4v) is 0.347. The van der Waals surface area contributed by atoms with Crippen LogP contribution in [0.2, 0.25) is 0 Å². The molecule has 0 radical (unpaired) electrons. The van der Waals surface area contributed by atoms with E-state index >= 15 is 0 Å². The third-order valence-electron chi connectivity index (χ3n) is 0.883. The first-order valence-corrected chi connectivity index (χ1v) is 3.14. The molecule has 0 rings (SSSR count). The number of carbonyl (C=O) groups excluding carboxylic acids is 1. The molecular formula is C6H10O5. The molecule has 1 unspecified atom stereocenters. The van der Waals surface area contributed by atoms with E-state index in [9.17, 15) is 9.59 Å². The van der Waals surface area contributed by atoms with Gasteiger partial charge in [0.2, 0.25) is 0 Å². The van der Waals surface area contributed by atoms with E-state index in [4.69, 9.17) is 5.11 Å². The van der Waals surface area contributed by atoms with Gasteiger partial charge in [-0.2, -0.15) is 0 Å². The van der Waals surface area contributed by atoms with Crippen LogP contribution in [0.1, 0.15) is 13.8 Å². The van der Waals surface area contributed by atoms with Crippen LogP contribution in [0.4, 0.5) is 4.79 Å². The van der Waals surface area contributed by atoms with Crippen LogP contribution in [0, 0.1) is 0 Å². The lowest BCUT2D eigenvalue weighted by Crippen LogP contribution is -2.24. The summed E-state index contributed by atoms with van der Waals surface area (Å²) >= 11 is 0.